The van der Waals surface area contributed by atoms with Gasteiger partial charge in [0.05, 0.1) is 0 Å². The molecule has 1 aliphatic rings. The normalized spacial score (nSPS) is 14.8. The molecule has 0 unspecified atom stereocenters. The van der Waals surface area contributed by atoms with E-state index in [-0.39, 0.29) is 5.91 Å². The molecule has 4 heteroatoms. The monoisotopic (exact) mass is 300 g/mol. The second-order valence-electron chi connectivity index (χ2n) is 5.40. The quantitative estimate of drug-likeness (QED) is 0.868. The zero-order valence-corrected chi connectivity index (χ0v) is 12.5. The van der Waals surface area contributed by atoms with E-state index < -0.39 is 0 Å². The average Bonchev–Trinajstić information content (AvgIpc) is 2.47. The topological polar surface area (TPSA) is 33.2 Å². The molecule has 1 fully saturated rings. The number of halogens is 1. The first-order chi connectivity index (χ1) is 10.2. The molecule has 2 aromatic rings. The molecular weight excluding hydrogens is 284 g/mol. The van der Waals surface area contributed by atoms with Gasteiger partial charge in [0.15, 0.2) is 0 Å². The maximum absolute atomic E-state index is 12.1. The van der Waals surface area contributed by atoms with Gasteiger partial charge in [-0.25, -0.2) is 0 Å². The van der Waals surface area contributed by atoms with Gasteiger partial charge < -0.3 is 4.90 Å². The standard InChI is InChI=1S/C17H17ClN2O/c18-16-4-2-14(3-5-16)15-11-20(12-15)17(21)6-1-13-7-9-19-10-8-13/h2-5,7-10,15H,1,6,11-12H2. The summed E-state index contributed by atoms with van der Waals surface area (Å²) >= 11 is 5.89. The number of carbonyl (C=O) groups excluding carboxylic acids is 1. The second kappa shape index (κ2) is 6.27. The maximum Gasteiger partial charge on any atom is 0.222 e. The molecule has 3 nitrogen and oxygen atoms in total. The Bertz CT molecular complexity index is 606. The predicted octanol–water partition coefficient (Wildman–Crippen LogP) is 3.29. The van der Waals surface area contributed by atoms with Crippen LogP contribution in [-0.4, -0.2) is 28.9 Å². The number of nitrogens with zero attached hydrogens (tertiary/aromatic N) is 2. The SMILES string of the molecule is O=C(CCc1ccncc1)N1CC(c2ccc(Cl)cc2)C1. The van der Waals surface area contributed by atoms with E-state index in [0.29, 0.717) is 12.3 Å². The lowest BCUT2D eigenvalue weighted by Crippen LogP contribution is -2.48. The number of likely N-dealkylation sites (tertiary alicyclic amines) is 1. The highest BCUT2D eigenvalue weighted by Crippen LogP contribution is 2.28. The molecule has 0 radical (unpaired) electrons. The number of rotatable bonds is 4. The smallest absolute Gasteiger partial charge is 0.222 e. The van der Waals surface area contributed by atoms with Crippen molar-refractivity contribution >= 4 is 17.5 Å². The Kier molecular flexibility index (Phi) is 4.20. The highest BCUT2D eigenvalue weighted by molar-refractivity contribution is 6.30. The molecule has 0 aliphatic carbocycles. The molecular formula is C17H17ClN2O. The highest BCUT2D eigenvalue weighted by atomic mass is 35.5. The first-order valence-corrected chi connectivity index (χ1v) is 7.52. The molecule has 3 rings (SSSR count). The summed E-state index contributed by atoms with van der Waals surface area (Å²) in [5.41, 5.74) is 2.42. The third kappa shape index (κ3) is 3.42. The molecule has 0 N–H and O–H groups in total. The number of aromatic nitrogens is 1. The summed E-state index contributed by atoms with van der Waals surface area (Å²) in [5.74, 6) is 0.684. The van der Waals surface area contributed by atoms with Crippen molar-refractivity contribution in [2.75, 3.05) is 13.1 Å². The summed E-state index contributed by atoms with van der Waals surface area (Å²) in [6.07, 6.45) is 4.88. The highest BCUT2D eigenvalue weighted by Gasteiger charge is 2.31. The van der Waals surface area contributed by atoms with Crippen molar-refractivity contribution in [3.63, 3.8) is 0 Å². The van der Waals surface area contributed by atoms with Crippen molar-refractivity contribution in [3.05, 3.63) is 64.9 Å². The zero-order valence-electron chi connectivity index (χ0n) is 11.7. The molecule has 21 heavy (non-hydrogen) atoms. The number of hydrogen-bond acceptors (Lipinski definition) is 2. The first-order valence-electron chi connectivity index (χ1n) is 7.14. The predicted molar refractivity (Wildman–Crippen MR) is 83.3 cm³/mol. The van der Waals surface area contributed by atoms with Crippen LogP contribution in [0.2, 0.25) is 5.02 Å². The Labute approximate surface area is 129 Å². The van der Waals surface area contributed by atoms with Gasteiger partial charge in [0.1, 0.15) is 0 Å². The number of pyridine rings is 1. The van der Waals surface area contributed by atoms with Crippen molar-refractivity contribution in [2.24, 2.45) is 0 Å². The molecule has 1 aromatic heterocycles. The van der Waals surface area contributed by atoms with Crippen LogP contribution in [0.1, 0.15) is 23.5 Å². The minimum atomic E-state index is 0.233. The lowest BCUT2D eigenvalue weighted by molar-refractivity contribution is -0.135. The van der Waals surface area contributed by atoms with Crippen LogP contribution < -0.4 is 0 Å². The van der Waals surface area contributed by atoms with Crippen molar-refractivity contribution < 1.29 is 4.79 Å². The van der Waals surface area contributed by atoms with E-state index in [1.165, 1.54) is 5.56 Å². The fourth-order valence-electron chi connectivity index (χ4n) is 2.59. The van der Waals surface area contributed by atoms with Crippen LogP contribution in [0.5, 0.6) is 0 Å². The summed E-state index contributed by atoms with van der Waals surface area (Å²) in [4.78, 5) is 18.0. The number of amides is 1. The molecule has 1 aromatic carbocycles. The van der Waals surface area contributed by atoms with Crippen LogP contribution in [0.25, 0.3) is 0 Å². The summed E-state index contributed by atoms with van der Waals surface area (Å²) in [6.45, 7) is 1.63. The Hall–Kier alpha value is -1.87. The fourth-order valence-corrected chi connectivity index (χ4v) is 2.71. The Balaban J connectivity index is 1.47. The molecule has 108 valence electrons. The summed E-state index contributed by atoms with van der Waals surface area (Å²) in [6, 6.07) is 11.8. The molecule has 1 saturated heterocycles. The molecule has 2 heterocycles. The van der Waals surface area contributed by atoms with E-state index in [2.05, 4.69) is 4.98 Å². The largest absolute Gasteiger partial charge is 0.341 e. The summed E-state index contributed by atoms with van der Waals surface area (Å²) < 4.78 is 0. The van der Waals surface area contributed by atoms with Gasteiger partial charge in [-0.05, 0) is 41.8 Å². The molecule has 1 aliphatic heterocycles. The number of aryl methyl sites for hydroxylation is 1. The van der Waals surface area contributed by atoms with Gasteiger partial charge >= 0.3 is 0 Å². The van der Waals surface area contributed by atoms with Crippen molar-refractivity contribution in [1.82, 2.24) is 9.88 Å². The van der Waals surface area contributed by atoms with Gasteiger partial charge in [-0.1, -0.05) is 23.7 Å². The van der Waals surface area contributed by atoms with Crippen LogP contribution in [0.15, 0.2) is 48.8 Å². The maximum atomic E-state index is 12.1. The minimum absolute atomic E-state index is 0.233. The van der Waals surface area contributed by atoms with Crippen molar-refractivity contribution in [2.45, 2.75) is 18.8 Å². The van der Waals surface area contributed by atoms with Crippen LogP contribution in [0.3, 0.4) is 0 Å². The number of hydrogen-bond donors (Lipinski definition) is 0. The molecule has 0 atom stereocenters. The van der Waals surface area contributed by atoms with Gasteiger partial charge in [0, 0.05) is 42.8 Å². The van der Waals surface area contributed by atoms with Gasteiger partial charge in [-0.2, -0.15) is 0 Å². The van der Waals surface area contributed by atoms with Crippen LogP contribution >= 0.6 is 11.6 Å². The van der Waals surface area contributed by atoms with E-state index in [4.69, 9.17) is 11.6 Å². The van der Waals surface area contributed by atoms with E-state index in [0.717, 1.165) is 30.1 Å². The van der Waals surface area contributed by atoms with E-state index in [1.54, 1.807) is 12.4 Å². The third-order valence-corrected chi connectivity index (χ3v) is 4.20. The lowest BCUT2D eigenvalue weighted by Gasteiger charge is -2.39. The molecule has 0 saturated carbocycles. The first kappa shape index (κ1) is 14.1. The van der Waals surface area contributed by atoms with E-state index in [9.17, 15) is 4.79 Å². The number of benzene rings is 1. The van der Waals surface area contributed by atoms with E-state index >= 15 is 0 Å². The minimum Gasteiger partial charge on any atom is -0.341 e. The summed E-state index contributed by atoms with van der Waals surface area (Å²) in [5, 5.41) is 0.753. The van der Waals surface area contributed by atoms with E-state index in [1.807, 2.05) is 41.3 Å². The van der Waals surface area contributed by atoms with Gasteiger partial charge in [0.2, 0.25) is 5.91 Å². The fraction of sp³-hybridized carbons (Fsp3) is 0.294. The Morgan fingerprint density at radius 1 is 1.14 bits per heavy atom. The lowest BCUT2D eigenvalue weighted by atomic mass is 9.91. The van der Waals surface area contributed by atoms with Gasteiger partial charge in [0.25, 0.3) is 0 Å². The van der Waals surface area contributed by atoms with Crippen LogP contribution in [-0.2, 0) is 11.2 Å². The third-order valence-electron chi connectivity index (χ3n) is 3.95. The molecule has 1 amide bonds. The number of carbonyl (C=O) groups is 1. The van der Waals surface area contributed by atoms with Crippen molar-refractivity contribution in [1.29, 1.82) is 0 Å². The molecule has 0 spiro atoms. The second-order valence-corrected chi connectivity index (χ2v) is 5.84. The zero-order chi connectivity index (χ0) is 14.7. The Morgan fingerprint density at radius 2 is 1.81 bits per heavy atom. The average molecular weight is 301 g/mol. The van der Waals surface area contributed by atoms with Gasteiger partial charge in [-0.15, -0.1) is 0 Å². The van der Waals surface area contributed by atoms with Crippen molar-refractivity contribution in [3.8, 4) is 0 Å². The van der Waals surface area contributed by atoms with Gasteiger partial charge in [-0.3, -0.25) is 9.78 Å². The van der Waals surface area contributed by atoms with Crippen LogP contribution in [0.4, 0.5) is 0 Å². The Morgan fingerprint density at radius 3 is 2.48 bits per heavy atom. The van der Waals surface area contributed by atoms with Crippen LogP contribution in [0, 0.1) is 0 Å². The molecule has 0 bridgehead atoms. The summed E-state index contributed by atoms with van der Waals surface area (Å²) in [7, 11) is 0.